The molecule has 0 atom stereocenters. The van der Waals surface area contributed by atoms with E-state index in [1.165, 1.54) is 18.3 Å². The van der Waals surface area contributed by atoms with Crippen molar-refractivity contribution in [2.75, 3.05) is 25.1 Å². The van der Waals surface area contributed by atoms with E-state index in [1.807, 2.05) is 0 Å². The summed E-state index contributed by atoms with van der Waals surface area (Å²) in [7, 11) is 0. The first-order valence-corrected chi connectivity index (χ1v) is 9.25. The first kappa shape index (κ1) is 19.8. The molecule has 0 aliphatic carbocycles. The van der Waals surface area contributed by atoms with Gasteiger partial charge in [-0.15, -0.1) is 0 Å². The molecule has 3 heterocycles. The zero-order chi connectivity index (χ0) is 21.1. The van der Waals surface area contributed by atoms with Gasteiger partial charge in [-0.1, -0.05) is 0 Å². The lowest BCUT2D eigenvalue weighted by Gasteiger charge is -2.19. The Morgan fingerprint density at radius 2 is 1.97 bits per heavy atom. The van der Waals surface area contributed by atoms with Crippen LogP contribution in [0.4, 0.5) is 23.7 Å². The van der Waals surface area contributed by atoms with Crippen molar-refractivity contribution in [2.24, 2.45) is 0 Å². The standard InChI is InChI=1S/C19H18F3N5O3/c20-19(21,22)17-26-13-3-1-6-23-16(13)27(17)8-2-7-24-18(28)25-12-4-5-14-15(11-12)30-10-9-29-14/h1,3-6,11H,2,7-10H2,(H2,24,25,28). The van der Waals surface area contributed by atoms with Crippen LogP contribution in [-0.4, -0.2) is 40.3 Å². The Labute approximate surface area is 169 Å². The van der Waals surface area contributed by atoms with E-state index in [0.717, 1.165) is 4.57 Å². The predicted octanol–water partition coefficient (Wildman–Crippen LogP) is 3.43. The fraction of sp³-hybridized carbons (Fsp3) is 0.316. The van der Waals surface area contributed by atoms with Crippen molar-refractivity contribution in [3.05, 3.63) is 42.4 Å². The van der Waals surface area contributed by atoms with E-state index in [9.17, 15) is 18.0 Å². The van der Waals surface area contributed by atoms with Gasteiger partial charge in [-0.05, 0) is 30.7 Å². The lowest BCUT2D eigenvalue weighted by molar-refractivity contribution is -0.147. The molecule has 1 aliphatic rings. The second kappa shape index (κ2) is 8.09. The number of halogens is 3. The third-order valence-electron chi connectivity index (χ3n) is 4.40. The van der Waals surface area contributed by atoms with Crippen LogP contribution < -0.4 is 20.1 Å². The second-order valence-electron chi connectivity index (χ2n) is 6.52. The summed E-state index contributed by atoms with van der Waals surface area (Å²) in [6.45, 7) is 1.07. The Balaban J connectivity index is 1.34. The first-order valence-electron chi connectivity index (χ1n) is 9.25. The third-order valence-corrected chi connectivity index (χ3v) is 4.40. The van der Waals surface area contributed by atoms with Crippen molar-refractivity contribution in [1.82, 2.24) is 19.9 Å². The second-order valence-corrected chi connectivity index (χ2v) is 6.52. The number of imidazole rings is 1. The van der Waals surface area contributed by atoms with Crippen LogP contribution in [-0.2, 0) is 12.7 Å². The number of aryl methyl sites for hydroxylation is 1. The van der Waals surface area contributed by atoms with Crippen molar-refractivity contribution in [1.29, 1.82) is 0 Å². The van der Waals surface area contributed by atoms with Crippen LogP contribution in [0, 0.1) is 0 Å². The van der Waals surface area contributed by atoms with E-state index in [1.54, 1.807) is 18.2 Å². The number of carbonyl (C=O) groups excluding carboxylic acids is 1. The fourth-order valence-corrected chi connectivity index (χ4v) is 3.12. The summed E-state index contributed by atoms with van der Waals surface area (Å²) < 4.78 is 51.7. The summed E-state index contributed by atoms with van der Waals surface area (Å²) in [6.07, 6.45) is -2.91. The van der Waals surface area contributed by atoms with E-state index >= 15 is 0 Å². The van der Waals surface area contributed by atoms with E-state index in [0.29, 0.717) is 30.4 Å². The number of amides is 2. The number of anilines is 1. The summed E-state index contributed by atoms with van der Waals surface area (Å²) in [5.41, 5.74) is 0.848. The molecular formula is C19H18F3N5O3. The fourth-order valence-electron chi connectivity index (χ4n) is 3.12. The predicted molar refractivity (Wildman–Crippen MR) is 102 cm³/mol. The Morgan fingerprint density at radius 1 is 1.17 bits per heavy atom. The van der Waals surface area contributed by atoms with Crippen molar-refractivity contribution < 1.29 is 27.4 Å². The van der Waals surface area contributed by atoms with Crippen molar-refractivity contribution >= 4 is 22.9 Å². The molecule has 158 valence electrons. The summed E-state index contributed by atoms with van der Waals surface area (Å²) in [5.74, 6) is 0.143. The normalized spacial score (nSPS) is 13.3. The molecule has 0 bridgehead atoms. The van der Waals surface area contributed by atoms with Crippen LogP contribution in [0.2, 0.25) is 0 Å². The van der Waals surface area contributed by atoms with Crippen LogP contribution >= 0.6 is 0 Å². The monoisotopic (exact) mass is 421 g/mol. The van der Waals surface area contributed by atoms with Gasteiger partial charge in [0.15, 0.2) is 17.1 Å². The number of pyridine rings is 1. The Morgan fingerprint density at radius 3 is 2.77 bits per heavy atom. The molecule has 0 saturated heterocycles. The summed E-state index contributed by atoms with van der Waals surface area (Å²) in [4.78, 5) is 19.7. The highest BCUT2D eigenvalue weighted by atomic mass is 19.4. The topological polar surface area (TPSA) is 90.3 Å². The van der Waals surface area contributed by atoms with Crippen molar-refractivity contribution in [3.63, 3.8) is 0 Å². The van der Waals surface area contributed by atoms with E-state index in [4.69, 9.17) is 9.47 Å². The zero-order valence-corrected chi connectivity index (χ0v) is 15.7. The van der Waals surface area contributed by atoms with Crippen LogP contribution in [0.1, 0.15) is 12.2 Å². The number of rotatable bonds is 5. The zero-order valence-electron chi connectivity index (χ0n) is 15.7. The molecule has 0 radical (unpaired) electrons. The highest BCUT2D eigenvalue weighted by molar-refractivity contribution is 5.89. The van der Waals surface area contributed by atoms with Crippen LogP contribution in [0.25, 0.3) is 11.2 Å². The van der Waals surface area contributed by atoms with Gasteiger partial charge < -0.3 is 24.7 Å². The number of ether oxygens (including phenoxy) is 2. The molecule has 4 rings (SSSR count). The number of urea groups is 1. The highest BCUT2D eigenvalue weighted by Crippen LogP contribution is 2.33. The highest BCUT2D eigenvalue weighted by Gasteiger charge is 2.37. The number of aromatic nitrogens is 3. The lowest BCUT2D eigenvalue weighted by atomic mass is 10.2. The number of nitrogens with one attached hydrogen (secondary N) is 2. The molecule has 2 aromatic heterocycles. The van der Waals surface area contributed by atoms with Gasteiger partial charge in [0.2, 0.25) is 5.82 Å². The van der Waals surface area contributed by atoms with Crippen molar-refractivity contribution in [2.45, 2.75) is 19.1 Å². The SMILES string of the molecule is O=C(NCCCn1c(C(F)(F)F)nc2cccnc21)Nc1ccc2c(c1)OCCO2. The Bertz CT molecular complexity index is 1070. The Kier molecular flexibility index (Phi) is 5.34. The first-order chi connectivity index (χ1) is 14.4. The smallest absolute Gasteiger partial charge is 0.449 e. The maximum atomic E-state index is 13.3. The summed E-state index contributed by atoms with van der Waals surface area (Å²) >= 11 is 0. The Hall–Kier alpha value is -3.50. The van der Waals surface area contributed by atoms with Gasteiger partial charge >= 0.3 is 12.2 Å². The maximum Gasteiger partial charge on any atom is 0.449 e. The molecule has 1 aromatic carbocycles. The summed E-state index contributed by atoms with van der Waals surface area (Å²) in [5, 5.41) is 5.28. The molecule has 30 heavy (non-hydrogen) atoms. The van der Waals surface area contributed by atoms with Gasteiger partial charge in [-0.25, -0.2) is 14.8 Å². The minimum atomic E-state index is -4.59. The number of carbonyl (C=O) groups is 1. The molecule has 0 saturated carbocycles. The number of benzene rings is 1. The number of hydrogen-bond acceptors (Lipinski definition) is 5. The molecule has 0 unspecified atom stereocenters. The van der Waals surface area contributed by atoms with Gasteiger partial charge in [0.25, 0.3) is 0 Å². The van der Waals surface area contributed by atoms with E-state index in [2.05, 4.69) is 20.6 Å². The number of alkyl halides is 3. The minimum Gasteiger partial charge on any atom is -0.486 e. The molecule has 0 fully saturated rings. The molecule has 11 heteroatoms. The van der Waals surface area contributed by atoms with Crippen molar-refractivity contribution in [3.8, 4) is 11.5 Å². The van der Waals surface area contributed by atoms with E-state index in [-0.39, 0.29) is 30.7 Å². The van der Waals surface area contributed by atoms with Gasteiger partial charge in [-0.3, -0.25) is 0 Å². The van der Waals surface area contributed by atoms with Gasteiger partial charge in [0, 0.05) is 31.0 Å². The molecule has 2 amide bonds. The molecule has 1 aliphatic heterocycles. The molecule has 3 aromatic rings. The molecule has 0 spiro atoms. The molecule has 8 nitrogen and oxygen atoms in total. The van der Waals surface area contributed by atoms with Crippen LogP contribution in [0.15, 0.2) is 36.5 Å². The summed E-state index contributed by atoms with van der Waals surface area (Å²) in [6, 6.07) is 7.55. The van der Waals surface area contributed by atoms with Gasteiger partial charge in [-0.2, -0.15) is 13.2 Å². The number of nitrogens with zero attached hydrogens (tertiary/aromatic N) is 3. The van der Waals surface area contributed by atoms with E-state index < -0.39 is 18.0 Å². The third kappa shape index (κ3) is 4.24. The van der Waals surface area contributed by atoms with Crippen LogP contribution in [0.5, 0.6) is 11.5 Å². The largest absolute Gasteiger partial charge is 0.486 e. The number of hydrogen-bond donors (Lipinski definition) is 2. The van der Waals surface area contributed by atoms with Crippen LogP contribution in [0.3, 0.4) is 0 Å². The maximum absolute atomic E-state index is 13.3. The van der Waals surface area contributed by atoms with Gasteiger partial charge in [0.1, 0.15) is 18.7 Å². The average molecular weight is 421 g/mol. The minimum absolute atomic E-state index is 0.00661. The molecular weight excluding hydrogens is 403 g/mol. The lowest BCUT2D eigenvalue weighted by Crippen LogP contribution is -2.30. The number of fused-ring (bicyclic) bond motifs is 2. The average Bonchev–Trinajstić information content (AvgIpc) is 3.10. The van der Waals surface area contributed by atoms with Gasteiger partial charge in [0.05, 0.1) is 0 Å². The quantitative estimate of drug-likeness (QED) is 0.616. The molecule has 2 N–H and O–H groups in total.